The second kappa shape index (κ2) is 8.23. The van der Waals surface area contributed by atoms with Gasteiger partial charge in [0.15, 0.2) is 0 Å². The number of carboxylic acids is 1. The van der Waals surface area contributed by atoms with E-state index in [0.717, 1.165) is 11.1 Å². The summed E-state index contributed by atoms with van der Waals surface area (Å²) in [6.45, 7) is 2.58. The lowest BCUT2D eigenvalue weighted by molar-refractivity contribution is -0.138. The molecule has 2 N–H and O–H groups in total. The molecule has 2 atom stereocenters. The molecular weight excluding hydrogens is 372 g/mol. The molecule has 0 unspecified atom stereocenters. The van der Waals surface area contributed by atoms with Gasteiger partial charge in [-0.2, -0.15) is 0 Å². The van der Waals surface area contributed by atoms with Crippen LogP contribution in [0.4, 0.5) is 0 Å². The summed E-state index contributed by atoms with van der Waals surface area (Å²) >= 11 is 0. The minimum absolute atomic E-state index is 0.0225. The standard InChI is InChI=1S/C22H24N2O5/c25-20-6-4-16(5-7-20)17-2-1-3-18(8-17)22(28)24-10-15-9-23(12-21(26)27)11-19(24)14-29-13-15/h1-8,15,19,25H,9-14H2,(H,26,27)/t15-,19-/m0/s1. The van der Waals surface area contributed by atoms with Crippen molar-refractivity contribution in [1.29, 1.82) is 0 Å². The van der Waals surface area contributed by atoms with Gasteiger partial charge in [-0.25, -0.2) is 0 Å². The zero-order valence-electron chi connectivity index (χ0n) is 16.0. The summed E-state index contributed by atoms with van der Waals surface area (Å²) in [5, 5.41) is 18.7. The molecule has 7 heteroatoms. The monoisotopic (exact) mass is 396 g/mol. The zero-order valence-corrected chi connectivity index (χ0v) is 16.0. The number of phenols is 1. The number of hydrogen-bond acceptors (Lipinski definition) is 5. The van der Waals surface area contributed by atoms with Crippen LogP contribution in [0, 0.1) is 5.92 Å². The molecule has 2 fully saturated rings. The number of carboxylic acid groups (broad SMARTS) is 1. The van der Waals surface area contributed by atoms with Gasteiger partial charge < -0.3 is 19.8 Å². The van der Waals surface area contributed by atoms with Crippen LogP contribution in [-0.2, 0) is 9.53 Å². The van der Waals surface area contributed by atoms with Crippen LogP contribution < -0.4 is 0 Å². The second-order valence-corrected chi connectivity index (χ2v) is 7.73. The van der Waals surface area contributed by atoms with Crippen molar-refractivity contribution in [3.63, 3.8) is 0 Å². The molecule has 2 aromatic rings. The van der Waals surface area contributed by atoms with Gasteiger partial charge in [0.1, 0.15) is 5.75 Å². The van der Waals surface area contributed by atoms with Crippen LogP contribution in [0.2, 0.25) is 0 Å². The Bertz CT molecular complexity index is 898. The first kappa shape index (κ1) is 19.4. The maximum atomic E-state index is 13.4. The number of carbonyl (C=O) groups is 2. The number of fused-ring (bicyclic) bond motifs is 3. The molecule has 2 saturated heterocycles. The second-order valence-electron chi connectivity index (χ2n) is 7.73. The number of carbonyl (C=O) groups excluding carboxylic acids is 1. The van der Waals surface area contributed by atoms with Crippen molar-refractivity contribution in [1.82, 2.24) is 9.80 Å². The number of amides is 1. The van der Waals surface area contributed by atoms with Gasteiger partial charge in [-0.05, 0) is 35.4 Å². The van der Waals surface area contributed by atoms with E-state index in [9.17, 15) is 14.7 Å². The minimum atomic E-state index is -0.856. The van der Waals surface area contributed by atoms with Crippen LogP contribution in [0.5, 0.6) is 5.75 Å². The van der Waals surface area contributed by atoms with Crippen LogP contribution in [0.15, 0.2) is 48.5 Å². The van der Waals surface area contributed by atoms with Crippen LogP contribution in [0.3, 0.4) is 0 Å². The first-order valence-corrected chi connectivity index (χ1v) is 9.72. The zero-order chi connectivity index (χ0) is 20.4. The van der Waals surface area contributed by atoms with E-state index in [-0.39, 0.29) is 30.2 Å². The summed E-state index contributed by atoms with van der Waals surface area (Å²) in [6, 6.07) is 14.1. The Morgan fingerprint density at radius 1 is 1.00 bits per heavy atom. The van der Waals surface area contributed by atoms with E-state index in [1.165, 1.54) is 0 Å². The van der Waals surface area contributed by atoms with Crippen LogP contribution in [0.1, 0.15) is 10.4 Å². The normalized spacial score (nSPS) is 22.1. The molecular formula is C22H24N2O5. The van der Waals surface area contributed by atoms with Crippen LogP contribution in [-0.4, -0.2) is 77.3 Å². The highest BCUT2D eigenvalue weighted by atomic mass is 16.5. The number of benzene rings is 2. The van der Waals surface area contributed by atoms with Crippen LogP contribution >= 0.6 is 0 Å². The number of nitrogens with zero attached hydrogens (tertiary/aromatic N) is 2. The molecule has 4 rings (SSSR count). The summed E-state index contributed by atoms with van der Waals surface area (Å²) in [7, 11) is 0. The lowest BCUT2D eigenvalue weighted by Gasteiger charge is -2.30. The van der Waals surface area contributed by atoms with Crippen molar-refractivity contribution < 1.29 is 24.5 Å². The Morgan fingerprint density at radius 2 is 1.79 bits per heavy atom. The highest BCUT2D eigenvalue weighted by molar-refractivity contribution is 5.95. The van der Waals surface area contributed by atoms with Gasteiger partial charge in [-0.3, -0.25) is 14.5 Å². The minimum Gasteiger partial charge on any atom is -0.508 e. The SMILES string of the molecule is O=C(O)CN1C[C@@H]2COC[C@H](C1)N(C(=O)c1cccc(-c3ccc(O)cc3)c1)C2. The topological polar surface area (TPSA) is 90.3 Å². The van der Waals surface area contributed by atoms with Gasteiger partial charge in [0.05, 0.1) is 25.8 Å². The summed E-state index contributed by atoms with van der Waals surface area (Å²) in [5.74, 6) is -0.636. The van der Waals surface area contributed by atoms with E-state index in [1.807, 2.05) is 40.1 Å². The molecule has 0 radical (unpaired) electrons. The highest BCUT2D eigenvalue weighted by Crippen LogP contribution is 2.26. The average Bonchev–Trinajstić information content (AvgIpc) is 2.98. The molecule has 0 aliphatic carbocycles. The van der Waals surface area contributed by atoms with Crippen LogP contribution in [0.25, 0.3) is 11.1 Å². The van der Waals surface area contributed by atoms with Crippen molar-refractivity contribution in [2.24, 2.45) is 5.92 Å². The fourth-order valence-corrected chi connectivity index (χ4v) is 4.16. The first-order chi connectivity index (χ1) is 14.0. The molecule has 0 aromatic heterocycles. The van der Waals surface area contributed by atoms with Gasteiger partial charge in [0.25, 0.3) is 5.91 Å². The van der Waals surface area contributed by atoms with E-state index < -0.39 is 5.97 Å². The molecule has 2 aliphatic rings. The molecule has 0 saturated carbocycles. The summed E-state index contributed by atoms with van der Waals surface area (Å²) in [6.07, 6.45) is 0. The molecule has 152 valence electrons. The average molecular weight is 396 g/mol. The molecule has 0 spiro atoms. The number of ether oxygens (including phenoxy) is 1. The van der Waals surface area contributed by atoms with Gasteiger partial charge in [-0.15, -0.1) is 0 Å². The Morgan fingerprint density at radius 3 is 2.55 bits per heavy atom. The van der Waals surface area contributed by atoms with E-state index in [0.29, 0.717) is 38.4 Å². The Kier molecular flexibility index (Phi) is 5.51. The van der Waals surface area contributed by atoms with Gasteiger partial charge in [0.2, 0.25) is 0 Å². The molecule has 2 aromatic carbocycles. The Balaban J connectivity index is 1.58. The van der Waals surface area contributed by atoms with Gasteiger partial charge in [-0.1, -0.05) is 24.3 Å². The number of rotatable bonds is 4. The fraction of sp³-hybridized carbons (Fsp3) is 0.364. The largest absolute Gasteiger partial charge is 0.508 e. The van der Waals surface area contributed by atoms with Gasteiger partial charge in [0, 0.05) is 31.1 Å². The van der Waals surface area contributed by atoms with Crippen molar-refractivity contribution in [2.75, 3.05) is 39.4 Å². The lowest BCUT2D eigenvalue weighted by Crippen LogP contribution is -2.47. The summed E-state index contributed by atoms with van der Waals surface area (Å²) in [5.41, 5.74) is 2.41. The summed E-state index contributed by atoms with van der Waals surface area (Å²) in [4.78, 5) is 28.3. The third kappa shape index (κ3) is 4.41. The molecule has 2 bridgehead atoms. The number of aromatic hydroxyl groups is 1. The Labute approximate surface area is 169 Å². The van der Waals surface area contributed by atoms with Crippen molar-refractivity contribution in [2.45, 2.75) is 6.04 Å². The molecule has 7 nitrogen and oxygen atoms in total. The first-order valence-electron chi connectivity index (χ1n) is 9.72. The maximum Gasteiger partial charge on any atom is 0.317 e. The molecule has 2 heterocycles. The molecule has 2 aliphatic heterocycles. The van der Waals surface area contributed by atoms with E-state index in [1.54, 1.807) is 18.2 Å². The highest BCUT2D eigenvalue weighted by Gasteiger charge is 2.36. The van der Waals surface area contributed by atoms with Crippen molar-refractivity contribution in [3.05, 3.63) is 54.1 Å². The molecule has 29 heavy (non-hydrogen) atoms. The third-order valence-electron chi connectivity index (χ3n) is 5.47. The van der Waals surface area contributed by atoms with Crippen molar-refractivity contribution in [3.8, 4) is 16.9 Å². The fourth-order valence-electron chi connectivity index (χ4n) is 4.16. The predicted molar refractivity (Wildman–Crippen MR) is 107 cm³/mol. The molecule has 1 amide bonds. The smallest absolute Gasteiger partial charge is 0.317 e. The van der Waals surface area contributed by atoms with E-state index >= 15 is 0 Å². The predicted octanol–water partition coefficient (Wildman–Crippen LogP) is 1.92. The quantitative estimate of drug-likeness (QED) is 0.821. The lowest BCUT2D eigenvalue weighted by atomic mass is 10.0. The van der Waals surface area contributed by atoms with E-state index in [2.05, 4.69) is 0 Å². The number of aliphatic carboxylic acids is 1. The number of hydrogen-bond donors (Lipinski definition) is 2. The maximum absolute atomic E-state index is 13.4. The van der Waals surface area contributed by atoms with Gasteiger partial charge >= 0.3 is 5.97 Å². The third-order valence-corrected chi connectivity index (χ3v) is 5.47. The van der Waals surface area contributed by atoms with E-state index in [4.69, 9.17) is 9.84 Å². The number of phenolic OH excluding ortho intramolecular Hbond substituents is 1. The summed E-state index contributed by atoms with van der Waals surface area (Å²) < 4.78 is 5.74. The van der Waals surface area contributed by atoms with Crippen molar-refractivity contribution >= 4 is 11.9 Å². The Hall–Kier alpha value is -2.90.